The second-order valence-corrected chi connectivity index (χ2v) is 7.27. The Morgan fingerprint density at radius 2 is 2.00 bits per heavy atom. The fraction of sp³-hybridized carbons (Fsp3) is 0.364. The molecule has 0 spiro atoms. The quantitative estimate of drug-likeness (QED) is 0.741. The van der Waals surface area contributed by atoms with Crippen molar-refractivity contribution in [2.75, 3.05) is 25.1 Å². The Balaban J connectivity index is 1.44. The molecule has 1 aliphatic rings. The maximum Gasteiger partial charge on any atom is 0.225 e. The summed E-state index contributed by atoms with van der Waals surface area (Å²) >= 11 is 0. The fourth-order valence-electron chi connectivity index (χ4n) is 3.96. The van der Waals surface area contributed by atoms with Gasteiger partial charge < -0.3 is 19.5 Å². The summed E-state index contributed by atoms with van der Waals surface area (Å²) in [5.41, 5.74) is 3.09. The highest BCUT2D eigenvalue weighted by atomic mass is 16.5. The zero-order valence-electron chi connectivity index (χ0n) is 16.4. The number of hydrogen-bond donors (Lipinski definition) is 1. The molecule has 6 nitrogen and oxygen atoms in total. The molecule has 1 amide bonds. The molecule has 1 atom stereocenters. The predicted octanol–water partition coefficient (Wildman–Crippen LogP) is 3.11. The van der Waals surface area contributed by atoms with Crippen LogP contribution in [-0.4, -0.2) is 35.7 Å². The molecule has 1 aliphatic heterocycles. The van der Waals surface area contributed by atoms with Crippen LogP contribution in [0.1, 0.15) is 18.4 Å². The maximum atomic E-state index is 12.8. The number of aryl methyl sites for hydroxylation is 1. The summed E-state index contributed by atoms with van der Waals surface area (Å²) in [5, 5.41) is 3.08. The summed E-state index contributed by atoms with van der Waals surface area (Å²) in [5.74, 6) is 1.79. The fourth-order valence-corrected chi connectivity index (χ4v) is 3.96. The predicted molar refractivity (Wildman–Crippen MR) is 110 cm³/mol. The molecule has 28 heavy (non-hydrogen) atoms. The molecule has 1 N–H and O–H groups in total. The van der Waals surface area contributed by atoms with E-state index in [4.69, 9.17) is 9.72 Å². The van der Waals surface area contributed by atoms with Crippen LogP contribution in [-0.2, 0) is 18.4 Å². The first-order valence-electron chi connectivity index (χ1n) is 9.73. The Hall–Kier alpha value is -3.02. The molecule has 1 aromatic heterocycles. The van der Waals surface area contributed by atoms with E-state index in [1.165, 1.54) is 0 Å². The van der Waals surface area contributed by atoms with E-state index in [0.29, 0.717) is 13.1 Å². The second kappa shape index (κ2) is 7.92. The third-order valence-electron chi connectivity index (χ3n) is 5.48. The second-order valence-electron chi connectivity index (χ2n) is 7.27. The van der Waals surface area contributed by atoms with Crippen molar-refractivity contribution in [3.05, 3.63) is 54.1 Å². The number of aromatic nitrogens is 2. The van der Waals surface area contributed by atoms with E-state index in [-0.39, 0.29) is 11.8 Å². The Bertz CT molecular complexity index is 982. The van der Waals surface area contributed by atoms with Crippen molar-refractivity contribution in [1.82, 2.24) is 14.9 Å². The van der Waals surface area contributed by atoms with Crippen LogP contribution >= 0.6 is 0 Å². The van der Waals surface area contributed by atoms with Gasteiger partial charge in [-0.15, -0.1) is 0 Å². The normalized spacial score (nSPS) is 16.9. The molecule has 1 saturated heterocycles. The number of imidazole rings is 1. The number of carbonyl (C=O) groups is 1. The van der Waals surface area contributed by atoms with Gasteiger partial charge in [0.25, 0.3) is 0 Å². The Morgan fingerprint density at radius 1 is 1.21 bits per heavy atom. The molecule has 6 heteroatoms. The SMILES string of the molecule is COc1ccccc1CNC(=O)[C@@H]1CCCN(c2nc3ccccc3n2C)C1. The van der Waals surface area contributed by atoms with Gasteiger partial charge in [0.15, 0.2) is 0 Å². The molecule has 0 radical (unpaired) electrons. The highest BCUT2D eigenvalue weighted by Gasteiger charge is 2.28. The van der Waals surface area contributed by atoms with E-state index in [2.05, 4.69) is 20.9 Å². The lowest BCUT2D eigenvalue weighted by atomic mass is 9.97. The summed E-state index contributed by atoms with van der Waals surface area (Å²) in [6.45, 7) is 2.09. The largest absolute Gasteiger partial charge is 0.496 e. The van der Waals surface area contributed by atoms with E-state index >= 15 is 0 Å². The number of nitrogens with one attached hydrogen (secondary N) is 1. The number of amides is 1. The van der Waals surface area contributed by atoms with Crippen molar-refractivity contribution in [2.45, 2.75) is 19.4 Å². The smallest absolute Gasteiger partial charge is 0.225 e. The number of methoxy groups -OCH3 is 1. The number of piperidine rings is 1. The zero-order valence-corrected chi connectivity index (χ0v) is 16.4. The summed E-state index contributed by atoms with van der Waals surface area (Å²) in [7, 11) is 3.69. The van der Waals surface area contributed by atoms with E-state index in [1.54, 1.807) is 7.11 Å². The van der Waals surface area contributed by atoms with Crippen molar-refractivity contribution >= 4 is 22.9 Å². The van der Waals surface area contributed by atoms with E-state index in [0.717, 1.165) is 47.7 Å². The lowest BCUT2D eigenvalue weighted by Gasteiger charge is -2.32. The molecule has 2 aromatic carbocycles. The van der Waals surface area contributed by atoms with Gasteiger partial charge in [-0.05, 0) is 31.0 Å². The minimum Gasteiger partial charge on any atom is -0.496 e. The molecule has 0 aliphatic carbocycles. The van der Waals surface area contributed by atoms with Crippen LogP contribution in [0.2, 0.25) is 0 Å². The number of anilines is 1. The number of rotatable bonds is 5. The molecule has 146 valence electrons. The summed E-state index contributed by atoms with van der Waals surface area (Å²) < 4.78 is 7.48. The van der Waals surface area contributed by atoms with Crippen LogP contribution in [0, 0.1) is 5.92 Å². The van der Waals surface area contributed by atoms with Gasteiger partial charge in [-0.1, -0.05) is 30.3 Å². The number of carbonyl (C=O) groups excluding carboxylic acids is 1. The molecule has 0 saturated carbocycles. The first-order chi connectivity index (χ1) is 13.7. The van der Waals surface area contributed by atoms with E-state index < -0.39 is 0 Å². The van der Waals surface area contributed by atoms with Crippen LogP contribution in [0.3, 0.4) is 0 Å². The first kappa shape index (κ1) is 18.3. The van der Waals surface area contributed by atoms with Crippen molar-refractivity contribution < 1.29 is 9.53 Å². The van der Waals surface area contributed by atoms with Crippen LogP contribution in [0.4, 0.5) is 5.95 Å². The van der Waals surface area contributed by atoms with Gasteiger partial charge in [0.05, 0.1) is 24.1 Å². The summed E-state index contributed by atoms with van der Waals surface area (Å²) in [6.07, 6.45) is 1.88. The third-order valence-corrected chi connectivity index (χ3v) is 5.48. The lowest BCUT2D eigenvalue weighted by Crippen LogP contribution is -2.43. The Labute approximate surface area is 165 Å². The third kappa shape index (κ3) is 3.54. The molecule has 3 aromatic rings. The minimum atomic E-state index is -0.0386. The number of fused-ring (bicyclic) bond motifs is 1. The number of benzene rings is 2. The number of para-hydroxylation sites is 3. The average Bonchev–Trinajstić information content (AvgIpc) is 3.09. The molecule has 4 rings (SSSR count). The molecule has 2 heterocycles. The zero-order chi connectivity index (χ0) is 19.5. The van der Waals surface area contributed by atoms with Gasteiger partial charge in [-0.25, -0.2) is 4.98 Å². The number of nitrogens with zero attached hydrogens (tertiary/aromatic N) is 3. The standard InChI is InChI=1S/C22H26N4O2/c1-25-19-11-5-4-10-18(19)24-22(25)26-13-7-9-17(15-26)21(27)23-14-16-8-3-6-12-20(16)28-2/h3-6,8,10-12,17H,7,9,13-15H2,1-2H3,(H,23,27)/t17-/m1/s1. The van der Waals surface area contributed by atoms with Crippen LogP contribution < -0.4 is 15.0 Å². The maximum absolute atomic E-state index is 12.8. The van der Waals surface area contributed by atoms with Crippen LogP contribution in [0.5, 0.6) is 5.75 Å². The van der Waals surface area contributed by atoms with Crippen molar-refractivity contribution in [1.29, 1.82) is 0 Å². The molecule has 0 bridgehead atoms. The molecule has 1 fully saturated rings. The average molecular weight is 378 g/mol. The highest BCUT2D eigenvalue weighted by molar-refractivity contribution is 5.81. The van der Waals surface area contributed by atoms with Gasteiger partial charge in [-0.3, -0.25) is 4.79 Å². The topological polar surface area (TPSA) is 59.4 Å². The lowest BCUT2D eigenvalue weighted by molar-refractivity contribution is -0.125. The van der Waals surface area contributed by atoms with Crippen molar-refractivity contribution in [2.24, 2.45) is 13.0 Å². The molecular weight excluding hydrogens is 352 g/mol. The summed E-state index contributed by atoms with van der Waals surface area (Å²) in [6, 6.07) is 15.9. The highest BCUT2D eigenvalue weighted by Crippen LogP contribution is 2.26. The van der Waals surface area contributed by atoms with Gasteiger partial charge in [0.1, 0.15) is 5.75 Å². The van der Waals surface area contributed by atoms with Crippen LogP contribution in [0.15, 0.2) is 48.5 Å². The minimum absolute atomic E-state index is 0.0386. The molecule has 0 unspecified atom stereocenters. The number of ether oxygens (including phenoxy) is 1. The molecular formula is C22H26N4O2. The first-order valence-corrected chi connectivity index (χ1v) is 9.73. The van der Waals surface area contributed by atoms with Crippen molar-refractivity contribution in [3.63, 3.8) is 0 Å². The van der Waals surface area contributed by atoms with E-state index in [1.807, 2.05) is 49.5 Å². The van der Waals surface area contributed by atoms with Crippen LogP contribution in [0.25, 0.3) is 11.0 Å². The van der Waals surface area contributed by atoms with E-state index in [9.17, 15) is 4.79 Å². The number of hydrogen-bond acceptors (Lipinski definition) is 4. The Kier molecular flexibility index (Phi) is 5.19. The van der Waals surface area contributed by atoms with Crippen molar-refractivity contribution in [3.8, 4) is 5.75 Å². The van der Waals surface area contributed by atoms with Gasteiger partial charge in [0, 0.05) is 32.2 Å². The Morgan fingerprint density at radius 3 is 2.82 bits per heavy atom. The van der Waals surface area contributed by atoms with Gasteiger partial charge in [-0.2, -0.15) is 0 Å². The van der Waals surface area contributed by atoms with Gasteiger partial charge >= 0.3 is 0 Å². The van der Waals surface area contributed by atoms with Gasteiger partial charge in [0.2, 0.25) is 11.9 Å². The monoisotopic (exact) mass is 378 g/mol. The summed E-state index contributed by atoms with van der Waals surface area (Å²) in [4.78, 5) is 19.8.